The van der Waals surface area contributed by atoms with E-state index in [2.05, 4.69) is 10.0 Å². The molecule has 0 aliphatic carbocycles. The van der Waals surface area contributed by atoms with Crippen molar-refractivity contribution in [1.82, 2.24) is 0 Å². The van der Waals surface area contributed by atoms with Crippen LogP contribution >= 0.6 is 0 Å². The topological polar surface area (TPSA) is 84.5 Å². The van der Waals surface area contributed by atoms with Crippen molar-refractivity contribution in [2.75, 3.05) is 23.4 Å². The second kappa shape index (κ2) is 8.34. The molecule has 0 aliphatic rings. The molecule has 0 heterocycles. The van der Waals surface area contributed by atoms with Crippen molar-refractivity contribution in [2.24, 2.45) is 0 Å². The van der Waals surface area contributed by atoms with E-state index in [0.717, 1.165) is 24.5 Å². The number of nitrogens with one attached hydrogen (secondary N) is 2. The van der Waals surface area contributed by atoms with E-state index in [4.69, 9.17) is 4.74 Å². The zero-order valence-electron chi connectivity index (χ0n) is 14.9. The lowest BCUT2D eigenvalue weighted by Gasteiger charge is -2.11. The van der Waals surface area contributed by atoms with E-state index in [0.29, 0.717) is 5.69 Å². The maximum absolute atomic E-state index is 12.7. The third-order valence-corrected chi connectivity index (χ3v) is 4.00. The van der Waals surface area contributed by atoms with E-state index in [-0.39, 0.29) is 17.0 Å². The number of hydrogen-bond acceptors (Lipinski definition) is 4. The molecule has 0 aliphatic heterocycles. The van der Waals surface area contributed by atoms with E-state index in [1.807, 2.05) is 0 Å². The molecule has 0 bridgehead atoms. The molecule has 150 valence electrons. The lowest BCUT2D eigenvalue weighted by atomic mass is 10.1. The molecular formula is C18H17F3N2O4S. The predicted octanol–water partition coefficient (Wildman–Crippen LogP) is 3.74. The van der Waals surface area contributed by atoms with Crippen molar-refractivity contribution in [3.05, 3.63) is 59.7 Å². The van der Waals surface area contributed by atoms with Crippen LogP contribution in [-0.2, 0) is 21.0 Å². The van der Waals surface area contributed by atoms with Crippen LogP contribution < -0.4 is 14.8 Å². The van der Waals surface area contributed by atoms with Gasteiger partial charge in [0.2, 0.25) is 15.9 Å². The molecule has 2 aromatic rings. The van der Waals surface area contributed by atoms with Gasteiger partial charge in [0.1, 0.15) is 5.75 Å². The van der Waals surface area contributed by atoms with Crippen molar-refractivity contribution in [3.63, 3.8) is 0 Å². The highest BCUT2D eigenvalue weighted by molar-refractivity contribution is 7.92. The van der Waals surface area contributed by atoms with Crippen molar-refractivity contribution >= 4 is 33.4 Å². The summed E-state index contributed by atoms with van der Waals surface area (Å²) in [6.07, 6.45) is -1.14. The van der Waals surface area contributed by atoms with Crippen LogP contribution in [-0.4, -0.2) is 27.7 Å². The lowest BCUT2D eigenvalue weighted by molar-refractivity contribution is -0.137. The van der Waals surface area contributed by atoms with Crippen molar-refractivity contribution in [2.45, 2.75) is 6.18 Å². The summed E-state index contributed by atoms with van der Waals surface area (Å²) in [5.74, 6) is -0.395. The van der Waals surface area contributed by atoms with Crippen LogP contribution in [0, 0.1) is 0 Å². The van der Waals surface area contributed by atoms with Gasteiger partial charge < -0.3 is 10.1 Å². The first-order valence-electron chi connectivity index (χ1n) is 7.80. The minimum atomic E-state index is -4.47. The van der Waals surface area contributed by atoms with Crippen LogP contribution in [0.1, 0.15) is 11.1 Å². The molecule has 0 radical (unpaired) electrons. The van der Waals surface area contributed by atoms with E-state index >= 15 is 0 Å². The monoisotopic (exact) mass is 414 g/mol. The maximum Gasteiger partial charge on any atom is 0.416 e. The second-order valence-electron chi connectivity index (χ2n) is 5.74. The van der Waals surface area contributed by atoms with Crippen LogP contribution in [0.3, 0.4) is 0 Å². The molecular weight excluding hydrogens is 397 g/mol. The summed E-state index contributed by atoms with van der Waals surface area (Å²) < 4.78 is 68.1. The Balaban J connectivity index is 2.12. The van der Waals surface area contributed by atoms with Crippen molar-refractivity contribution in [1.29, 1.82) is 0 Å². The van der Waals surface area contributed by atoms with Gasteiger partial charge in [-0.25, -0.2) is 8.42 Å². The smallest absolute Gasteiger partial charge is 0.416 e. The average Bonchev–Trinajstić information content (AvgIpc) is 2.59. The lowest BCUT2D eigenvalue weighted by Crippen LogP contribution is -2.11. The first kappa shape index (κ1) is 21.3. The summed E-state index contributed by atoms with van der Waals surface area (Å²) in [7, 11) is -2.17. The molecule has 0 aromatic heterocycles. The van der Waals surface area contributed by atoms with Crippen molar-refractivity contribution < 1.29 is 31.1 Å². The standard InChI is InChI=1S/C18H17F3N2O4S/c1-27-16-11-14(7-8-15(16)23-28(2,25)26)22-17(24)9-6-12-4-3-5-13(10-12)18(19,20)21/h3-11,23H,1-2H3,(H,22,24)/b9-6+. The number of benzene rings is 2. The summed E-state index contributed by atoms with van der Waals surface area (Å²) >= 11 is 0. The Morgan fingerprint density at radius 1 is 1.14 bits per heavy atom. The average molecular weight is 414 g/mol. The van der Waals surface area contributed by atoms with Crippen LogP contribution in [0.15, 0.2) is 48.5 Å². The van der Waals surface area contributed by atoms with Gasteiger partial charge in [-0.05, 0) is 35.9 Å². The van der Waals surface area contributed by atoms with Gasteiger partial charge in [0, 0.05) is 17.8 Å². The number of hydrogen-bond donors (Lipinski definition) is 2. The number of carbonyl (C=O) groups is 1. The SMILES string of the molecule is COc1cc(NC(=O)/C=C/c2cccc(C(F)(F)F)c2)ccc1NS(C)(=O)=O. The molecule has 2 rings (SSSR count). The Kier molecular flexibility index (Phi) is 6.34. The molecule has 28 heavy (non-hydrogen) atoms. The molecule has 6 nitrogen and oxygen atoms in total. The van der Waals surface area contributed by atoms with Gasteiger partial charge in [0.15, 0.2) is 0 Å². The summed E-state index contributed by atoms with van der Waals surface area (Å²) in [5.41, 5.74) is -0.0823. The van der Waals surface area contributed by atoms with Gasteiger partial charge >= 0.3 is 6.18 Å². The molecule has 10 heteroatoms. The number of carbonyl (C=O) groups excluding carboxylic acids is 1. The molecule has 0 saturated carbocycles. The molecule has 0 fully saturated rings. The van der Waals surface area contributed by atoms with Gasteiger partial charge in [0.05, 0.1) is 24.6 Å². The van der Waals surface area contributed by atoms with Gasteiger partial charge in [-0.3, -0.25) is 9.52 Å². The Labute approximate surface area is 160 Å². The Morgan fingerprint density at radius 2 is 1.86 bits per heavy atom. The first-order valence-corrected chi connectivity index (χ1v) is 9.69. The number of anilines is 2. The van der Waals surface area contributed by atoms with E-state index in [9.17, 15) is 26.4 Å². The normalized spacial score (nSPS) is 12.0. The predicted molar refractivity (Wildman–Crippen MR) is 101 cm³/mol. The Morgan fingerprint density at radius 3 is 2.46 bits per heavy atom. The number of methoxy groups -OCH3 is 1. The Bertz CT molecular complexity index is 1000. The summed E-state index contributed by atoms with van der Waals surface area (Å²) in [5, 5.41) is 2.52. The van der Waals surface area contributed by atoms with Gasteiger partial charge in [0.25, 0.3) is 0 Å². The highest BCUT2D eigenvalue weighted by Gasteiger charge is 2.30. The van der Waals surface area contributed by atoms with Gasteiger partial charge in [-0.1, -0.05) is 12.1 Å². The van der Waals surface area contributed by atoms with E-state index in [1.165, 1.54) is 43.5 Å². The second-order valence-corrected chi connectivity index (χ2v) is 7.48. The third-order valence-electron chi connectivity index (χ3n) is 3.41. The molecule has 0 unspecified atom stereocenters. The van der Waals surface area contributed by atoms with Crippen LogP contribution in [0.5, 0.6) is 5.75 Å². The first-order chi connectivity index (χ1) is 13.0. The zero-order valence-corrected chi connectivity index (χ0v) is 15.7. The summed E-state index contributed by atoms with van der Waals surface area (Å²) in [4.78, 5) is 12.0. The number of sulfonamides is 1. The minimum Gasteiger partial charge on any atom is -0.494 e. The van der Waals surface area contributed by atoms with Gasteiger partial charge in [-0.2, -0.15) is 13.2 Å². The van der Waals surface area contributed by atoms with E-state index < -0.39 is 27.7 Å². The largest absolute Gasteiger partial charge is 0.494 e. The molecule has 2 aromatic carbocycles. The minimum absolute atomic E-state index is 0.185. The fourth-order valence-corrected chi connectivity index (χ4v) is 2.80. The maximum atomic E-state index is 12.7. The highest BCUT2D eigenvalue weighted by Crippen LogP contribution is 2.30. The number of ether oxygens (including phenoxy) is 1. The number of alkyl halides is 3. The van der Waals surface area contributed by atoms with Crippen LogP contribution in [0.25, 0.3) is 6.08 Å². The quantitative estimate of drug-likeness (QED) is 0.706. The fourth-order valence-electron chi connectivity index (χ4n) is 2.23. The molecule has 0 atom stereocenters. The van der Waals surface area contributed by atoms with E-state index in [1.54, 1.807) is 0 Å². The Hall–Kier alpha value is -3.01. The molecule has 2 N–H and O–H groups in total. The molecule has 0 spiro atoms. The fraction of sp³-hybridized carbons (Fsp3) is 0.167. The van der Waals surface area contributed by atoms with Crippen molar-refractivity contribution in [3.8, 4) is 5.75 Å². The van der Waals surface area contributed by atoms with Crippen LogP contribution in [0.2, 0.25) is 0 Å². The molecule has 0 saturated heterocycles. The number of halogens is 3. The zero-order chi connectivity index (χ0) is 20.9. The molecule has 1 amide bonds. The number of rotatable bonds is 6. The van der Waals surface area contributed by atoms with Crippen LogP contribution in [0.4, 0.5) is 24.5 Å². The highest BCUT2D eigenvalue weighted by atomic mass is 32.2. The number of amides is 1. The summed E-state index contributed by atoms with van der Waals surface area (Å²) in [6, 6.07) is 8.82. The summed E-state index contributed by atoms with van der Waals surface area (Å²) in [6.45, 7) is 0. The van der Waals surface area contributed by atoms with Gasteiger partial charge in [-0.15, -0.1) is 0 Å². The third kappa shape index (κ3) is 6.31.